The highest BCUT2D eigenvalue weighted by Gasteiger charge is 2.15. The minimum Gasteiger partial charge on any atom is -0.327 e. The predicted molar refractivity (Wildman–Crippen MR) is 84.2 cm³/mol. The van der Waals surface area contributed by atoms with E-state index in [0.717, 1.165) is 35.4 Å². The van der Waals surface area contributed by atoms with Crippen LogP contribution in [0.4, 0.5) is 0 Å². The van der Waals surface area contributed by atoms with Crippen LogP contribution in [0, 0.1) is 4.77 Å². The maximum absolute atomic E-state index is 6.08. The molecule has 0 aliphatic heterocycles. The molecular weight excluding hydrogens is 292 g/mol. The Bertz CT molecular complexity index is 827. The fourth-order valence-electron chi connectivity index (χ4n) is 2.48. The molecule has 0 radical (unpaired) electrons. The molecule has 3 rings (SSSR count). The Kier molecular flexibility index (Phi) is 3.40. The average Bonchev–Trinajstić information content (AvgIpc) is 2.88. The van der Waals surface area contributed by atoms with Gasteiger partial charge in [0.05, 0.1) is 11.4 Å². The smallest absolute Gasteiger partial charge is 0.184 e. The fraction of sp³-hybridized carbons (Fsp3) is 0.286. The van der Waals surface area contributed by atoms with Gasteiger partial charge in [0, 0.05) is 12.1 Å². The van der Waals surface area contributed by atoms with E-state index in [4.69, 9.17) is 23.8 Å². The Balaban J connectivity index is 2.31. The summed E-state index contributed by atoms with van der Waals surface area (Å²) < 4.78 is 4.50. The van der Waals surface area contributed by atoms with E-state index in [1.54, 1.807) is 0 Å². The summed E-state index contributed by atoms with van der Waals surface area (Å²) in [7, 11) is 1.94. The highest BCUT2D eigenvalue weighted by Crippen LogP contribution is 2.24. The number of hydrogen-bond donors (Lipinski definition) is 1. The zero-order valence-corrected chi connectivity index (χ0v) is 12.9. The second kappa shape index (κ2) is 5.07. The van der Waals surface area contributed by atoms with Gasteiger partial charge in [-0.05, 0) is 36.8 Å². The molecule has 1 aromatic carbocycles. The number of aryl methyl sites for hydroxylation is 2. The maximum Gasteiger partial charge on any atom is 0.184 e. The van der Waals surface area contributed by atoms with Crippen molar-refractivity contribution in [1.29, 1.82) is 0 Å². The van der Waals surface area contributed by atoms with Crippen molar-refractivity contribution in [2.24, 2.45) is 7.05 Å². The summed E-state index contributed by atoms with van der Waals surface area (Å²) in [6, 6.07) is 7.66. The third-order valence-electron chi connectivity index (χ3n) is 3.29. The lowest BCUT2D eigenvalue weighted by molar-refractivity contribution is 0.735. The molecule has 0 amide bonds. The lowest BCUT2D eigenvalue weighted by Gasteiger charge is -2.05. The first-order valence-corrected chi connectivity index (χ1v) is 7.33. The molecule has 3 aromatic rings. The lowest BCUT2D eigenvalue weighted by atomic mass is 10.2. The van der Waals surface area contributed by atoms with E-state index < -0.39 is 0 Å². The van der Waals surface area contributed by atoms with E-state index in [2.05, 4.69) is 17.0 Å². The van der Waals surface area contributed by atoms with Gasteiger partial charge in [0.2, 0.25) is 0 Å². The van der Waals surface area contributed by atoms with Crippen molar-refractivity contribution in [2.75, 3.05) is 0 Å². The van der Waals surface area contributed by atoms with Crippen LogP contribution in [0.25, 0.3) is 16.9 Å². The lowest BCUT2D eigenvalue weighted by Crippen LogP contribution is -2.01. The maximum atomic E-state index is 6.08. The van der Waals surface area contributed by atoms with E-state index in [1.807, 2.05) is 40.6 Å². The van der Waals surface area contributed by atoms with Crippen LogP contribution in [-0.4, -0.2) is 19.3 Å². The largest absolute Gasteiger partial charge is 0.327 e. The van der Waals surface area contributed by atoms with Crippen LogP contribution in [0.1, 0.15) is 19.0 Å². The molecule has 104 valence electrons. The van der Waals surface area contributed by atoms with Gasteiger partial charge in [-0.2, -0.15) is 5.10 Å². The minimum atomic E-state index is 0.660. The van der Waals surface area contributed by atoms with Crippen molar-refractivity contribution < 1.29 is 0 Å². The fourth-order valence-corrected chi connectivity index (χ4v) is 2.96. The Hall–Kier alpha value is -1.59. The second-order valence-corrected chi connectivity index (χ2v) is 5.59. The number of nitrogens with zero attached hydrogens (tertiary/aromatic N) is 3. The molecule has 0 saturated carbocycles. The molecule has 0 fully saturated rings. The van der Waals surface area contributed by atoms with Crippen molar-refractivity contribution in [3.8, 4) is 5.69 Å². The van der Waals surface area contributed by atoms with Crippen molar-refractivity contribution in [3.63, 3.8) is 0 Å². The summed E-state index contributed by atoms with van der Waals surface area (Å²) in [4.78, 5) is 3.27. The molecule has 20 heavy (non-hydrogen) atoms. The first-order chi connectivity index (χ1) is 9.61. The van der Waals surface area contributed by atoms with Crippen molar-refractivity contribution >= 4 is 35.0 Å². The molecule has 1 N–H and O–H groups in total. The molecule has 4 nitrogen and oxygen atoms in total. The molecule has 2 aromatic heterocycles. The van der Waals surface area contributed by atoms with Gasteiger partial charge in [-0.3, -0.25) is 4.57 Å². The molecule has 2 heterocycles. The van der Waals surface area contributed by atoms with E-state index in [-0.39, 0.29) is 0 Å². The normalized spacial score (nSPS) is 11.3. The van der Waals surface area contributed by atoms with Crippen molar-refractivity contribution in [2.45, 2.75) is 19.8 Å². The van der Waals surface area contributed by atoms with Crippen molar-refractivity contribution in [3.05, 3.63) is 39.8 Å². The molecule has 0 atom stereocenters. The van der Waals surface area contributed by atoms with Gasteiger partial charge < -0.3 is 4.98 Å². The quantitative estimate of drug-likeness (QED) is 0.742. The number of aromatic nitrogens is 4. The predicted octanol–water partition coefficient (Wildman–Crippen LogP) is 4.03. The number of H-pyrrole nitrogens is 1. The van der Waals surface area contributed by atoms with Gasteiger partial charge in [0.25, 0.3) is 0 Å². The molecular formula is C14H15ClN4S. The summed E-state index contributed by atoms with van der Waals surface area (Å²) in [5.74, 6) is 0. The Labute approximate surface area is 127 Å². The number of hydrogen-bond acceptors (Lipinski definition) is 2. The number of rotatable bonds is 3. The zero-order chi connectivity index (χ0) is 14.3. The summed E-state index contributed by atoms with van der Waals surface area (Å²) in [6.45, 7) is 2.14. The molecule has 0 saturated heterocycles. The van der Waals surface area contributed by atoms with E-state index in [1.165, 1.54) is 0 Å². The first-order valence-electron chi connectivity index (χ1n) is 6.54. The van der Waals surface area contributed by atoms with Crippen LogP contribution >= 0.6 is 23.8 Å². The van der Waals surface area contributed by atoms with Gasteiger partial charge >= 0.3 is 0 Å². The molecule has 0 aliphatic carbocycles. The van der Waals surface area contributed by atoms with Gasteiger partial charge in [0.15, 0.2) is 10.4 Å². The summed E-state index contributed by atoms with van der Waals surface area (Å²) in [5.41, 5.74) is 3.98. The van der Waals surface area contributed by atoms with Gasteiger partial charge in [-0.1, -0.05) is 31.0 Å². The third kappa shape index (κ3) is 2.07. The molecule has 0 bridgehead atoms. The Morgan fingerprint density at radius 3 is 2.90 bits per heavy atom. The highest BCUT2D eigenvalue weighted by molar-refractivity contribution is 7.71. The molecule has 0 spiro atoms. The van der Waals surface area contributed by atoms with Crippen LogP contribution in [0.5, 0.6) is 0 Å². The number of nitrogens with one attached hydrogen (secondary N) is 1. The Morgan fingerprint density at radius 1 is 1.40 bits per heavy atom. The van der Waals surface area contributed by atoms with Crippen LogP contribution in [0.3, 0.4) is 0 Å². The van der Waals surface area contributed by atoms with E-state index >= 15 is 0 Å². The van der Waals surface area contributed by atoms with Gasteiger partial charge in [0.1, 0.15) is 5.52 Å². The van der Waals surface area contributed by atoms with Crippen LogP contribution in [0.2, 0.25) is 5.02 Å². The molecule has 6 heteroatoms. The summed E-state index contributed by atoms with van der Waals surface area (Å²) in [5, 5.41) is 5.26. The Morgan fingerprint density at radius 2 is 2.20 bits per heavy atom. The standard InChI is InChI=1S/C14H15ClN4S/c1-3-5-11-12-13(18(2)17-11)19(14(20)16-12)10-7-4-6-9(15)8-10/h4,6-8H,3,5H2,1-2H3,(H,16,20). The number of aromatic amines is 1. The number of imidazole rings is 1. The molecule has 0 unspecified atom stereocenters. The highest BCUT2D eigenvalue weighted by atomic mass is 35.5. The van der Waals surface area contributed by atoms with Crippen LogP contribution < -0.4 is 0 Å². The van der Waals surface area contributed by atoms with E-state index in [9.17, 15) is 0 Å². The SMILES string of the molecule is CCCc1nn(C)c2c1[nH]c(=S)n2-c1cccc(Cl)c1. The second-order valence-electron chi connectivity index (χ2n) is 4.76. The first kappa shape index (κ1) is 13.4. The van der Waals surface area contributed by atoms with Crippen LogP contribution in [-0.2, 0) is 13.5 Å². The van der Waals surface area contributed by atoms with Gasteiger partial charge in [-0.25, -0.2) is 4.68 Å². The zero-order valence-electron chi connectivity index (χ0n) is 11.4. The number of fused-ring (bicyclic) bond motifs is 1. The minimum absolute atomic E-state index is 0.660. The number of benzene rings is 1. The van der Waals surface area contributed by atoms with Gasteiger partial charge in [-0.15, -0.1) is 0 Å². The van der Waals surface area contributed by atoms with E-state index in [0.29, 0.717) is 9.79 Å². The third-order valence-corrected chi connectivity index (χ3v) is 3.81. The average molecular weight is 307 g/mol. The summed E-state index contributed by atoms with van der Waals surface area (Å²) in [6.07, 6.45) is 1.98. The monoisotopic (exact) mass is 306 g/mol. The number of halogens is 1. The summed E-state index contributed by atoms with van der Waals surface area (Å²) >= 11 is 11.5. The molecule has 0 aliphatic rings. The van der Waals surface area contributed by atoms with Crippen LogP contribution in [0.15, 0.2) is 24.3 Å². The van der Waals surface area contributed by atoms with Crippen molar-refractivity contribution in [1.82, 2.24) is 19.3 Å². The topological polar surface area (TPSA) is 38.5 Å².